The Kier molecular flexibility index (Phi) is 5.16. The number of aryl methyl sites for hydroxylation is 2. The van der Waals surface area contributed by atoms with Gasteiger partial charge in [0.1, 0.15) is 0 Å². The molecule has 1 fully saturated rings. The van der Waals surface area contributed by atoms with Gasteiger partial charge in [-0.25, -0.2) is 4.68 Å². The highest BCUT2D eigenvalue weighted by molar-refractivity contribution is 6.03. The predicted octanol–water partition coefficient (Wildman–Crippen LogP) is 2.90. The number of hydrogen-bond acceptors (Lipinski definition) is 5. The van der Waals surface area contributed by atoms with Crippen LogP contribution in [0.3, 0.4) is 0 Å². The van der Waals surface area contributed by atoms with E-state index in [0.29, 0.717) is 17.4 Å². The van der Waals surface area contributed by atoms with E-state index < -0.39 is 0 Å². The van der Waals surface area contributed by atoms with E-state index >= 15 is 0 Å². The molecule has 1 amide bonds. The third kappa shape index (κ3) is 3.94. The first-order chi connectivity index (χ1) is 13.6. The molecule has 0 atom stereocenters. The van der Waals surface area contributed by atoms with Gasteiger partial charge in [0.25, 0.3) is 5.91 Å². The number of pyridine rings is 1. The highest BCUT2D eigenvalue weighted by Gasteiger charge is 2.21. The molecule has 7 heteroatoms. The number of rotatable bonds is 4. The third-order valence-corrected chi connectivity index (χ3v) is 5.06. The summed E-state index contributed by atoms with van der Waals surface area (Å²) in [4.78, 5) is 21.6. The van der Waals surface area contributed by atoms with Gasteiger partial charge in [0.05, 0.1) is 5.56 Å². The summed E-state index contributed by atoms with van der Waals surface area (Å²) in [5.74, 6) is 1.35. The smallest absolute Gasteiger partial charge is 0.259 e. The average Bonchev–Trinajstić information content (AvgIpc) is 3.09. The first-order valence-corrected chi connectivity index (χ1v) is 9.55. The van der Waals surface area contributed by atoms with Crippen LogP contribution in [0.2, 0.25) is 0 Å². The zero-order valence-corrected chi connectivity index (χ0v) is 16.1. The molecule has 3 heterocycles. The van der Waals surface area contributed by atoms with Crippen LogP contribution in [0.15, 0.2) is 42.7 Å². The van der Waals surface area contributed by atoms with E-state index in [1.165, 1.54) is 0 Å². The van der Waals surface area contributed by atoms with Crippen molar-refractivity contribution in [1.29, 1.82) is 0 Å². The molecule has 0 aliphatic carbocycles. The molecule has 2 N–H and O–H groups in total. The van der Waals surface area contributed by atoms with E-state index in [0.717, 1.165) is 48.4 Å². The number of carbonyl (C=O) groups excluding carboxylic acids is 1. The molecule has 2 aromatic heterocycles. The van der Waals surface area contributed by atoms with Crippen LogP contribution in [0.5, 0.6) is 0 Å². The lowest BCUT2D eigenvalue weighted by molar-refractivity contribution is 0.102. The van der Waals surface area contributed by atoms with E-state index in [4.69, 9.17) is 0 Å². The fourth-order valence-corrected chi connectivity index (χ4v) is 3.49. The van der Waals surface area contributed by atoms with Crippen LogP contribution in [-0.4, -0.2) is 38.7 Å². The molecular formula is C21H24N6O. The lowest BCUT2D eigenvalue weighted by Gasteiger charge is -2.19. The van der Waals surface area contributed by atoms with Gasteiger partial charge in [0.15, 0.2) is 5.82 Å². The minimum absolute atomic E-state index is 0.241. The van der Waals surface area contributed by atoms with E-state index in [1.54, 1.807) is 24.1 Å². The molecule has 144 valence electrons. The van der Waals surface area contributed by atoms with E-state index in [-0.39, 0.29) is 5.91 Å². The minimum Gasteiger partial charge on any atom is -0.317 e. The molecule has 0 saturated carbocycles. The van der Waals surface area contributed by atoms with Gasteiger partial charge in [-0.15, -0.1) is 0 Å². The second kappa shape index (κ2) is 7.90. The van der Waals surface area contributed by atoms with Crippen LogP contribution < -0.4 is 10.6 Å². The van der Waals surface area contributed by atoms with Crippen molar-refractivity contribution < 1.29 is 4.79 Å². The fraction of sp³-hybridized carbons (Fsp3) is 0.333. The summed E-state index contributed by atoms with van der Waals surface area (Å²) in [6.07, 6.45) is 5.36. The summed E-state index contributed by atoms with van der Waals surface area (Å²) in [5, 5.41) is 10.7. The Morgan fingerprint density at radius 3 is 2.79 bits per heavy atom. The summed E-state index contributed by atoms with van der Waals surface area (Å²) >= 11 is 0. The monoisotopic (exact) mass is 376 g/mol. The summed E-state index contributed by atoms with van der Waals surface area (Å²) in [6.45, 7) is 3.99. The molecule has 1 aromatic carbocycles. The topological polar surface area (TPSA) is 84.7 Å². The standard InChI is InChI=1S/C21H24N6O/c1-14-4-3-5-16(10-14)17-11-18(13-23-12-17)20(28)25-21-24-19(26-27(21)2)15-6-8-22-9-7-15/h3-5,10-13,15,22H,6-9H2,1-2H3,(H,24,25,26,28). The maximum atomic E-state index is 12.8. The molecule has 0 spiro atoms. The molecule has 0 unspecified atom stereocenters. The Hall–Kier alpha value is -3.06. The summed E-state index contributed by atoms with van der Waals surface area (Å²) < 4.78 is 1.63. The van der Waals surface area contributed by atoms with Gasteiger partial charge in [-0.2, -0.15) is 10.1 Å². The molecule has 3 aromatic rings. The Morgan fingerprint density at radius 2 is 2.00 bits per heavy atom. The highest BCUT2D eigenvalue weighted by atomic mass is 16.1. The van der Waals surface area contributed by atoms with Crippen molar-refractivity contribution in [1.82, 2.24) is 25.1 Å². The van der Waals surface area contributed by atoms with E-state index in [9.17, 15) is 4.79 Å². The van der Waals surface area contributed by atoms with Crippen LogP contribution in [0.4, 0.5) is 5.95 Å². The number of aromatic nitrogens is 4. The summed E-state index contributed by atoms with van der Waals surface area (Å²) in [5.41, 5.74) is 3.60. The molecule has 28 heavy (non-hydrogen) atoms. The predicted molar refractivity (Wildman–Crippen MR) is 108 cm³/mol. The SMILES string of the molecule is Cc1cccc(-c2cncc(C(=O)Nc3nc(C4CCNCC4)nn3C)c2)c1. The Labute approximate surface area is 164 Å². The van der Waals surface area contributed by atoms with Gasteiger partial charge in [-0.1, -0.05) is 29.8 Å². The molecule has 4 rings (SSSR count). The van der Waals surface area contributed by atoms with Crippen LogP contribution in [0.25, 0.3) is 11.1 Å². The van der Waals surface area contributed by atoms with Crippen molar-refractivity contribution in [2.24, 2.45) is 7.05 Å². The van der Waals surface area contributed by atoms with Crippen molar-refractivity contribution in [2.75, 3.05) is 18.4 Å². The van der Waals surface area contributed by atoms with Crippen molar-refractivity contribution in [3.8, 4) is 11.1 Å². The average molecular weight is 376 g/mol. The molecule has 7 nitrogen and oxygen atoms in total. The van der Waals surface area contributed by atoms with Crippen LogP contribution >= 0.6 is 0 Å². The zero-order chi connectivity index (χ0) is 19.5. The first-order valence-electron chi connectivity index (χ1n) is 9.55. The van der Waals surface area contributed by atoms with Crippen molar-refractivity contribution >= 4 is 11.9 Å². The van der Waals surface area contributed by atoms with Gasteiger partial charge < -0.3 is 5.32 Å². The number of benzene rings is 1. The zero-order valence-electron chi connectivity index (χ0n) is 16.1. The van der Waals surface area contributed by atoms with Crippen LogP contribution in [0, 0.1) is 6.92 Å². The lowest BCUT2D eigenvalue weighted by Crippen LogP contribution is -2.27. The van der Waals surface area contributed by atoms with E-state index in [1.807, 2.05) is 31.2 Å². The third-order valence-electron chi connectivity index (χ3n) is 5.06. The largest absolute Gasteiger partial charge is 0.317 e. The number of amides is 1. The maximum Gasteiger partial charge on any atom is 0.259 e. The van der Waals surface area contributed by atoms with Gasteiger partial charge in [-0.3, -0.25) is 15.1 Å². The Bertz CT molecular complexity index is 990. The lowest BCUT2D eigenvalue weighted by atomic mass is 9.98. The molecule has 1 aliphatic rings. The molecule has 0 radical (unpaired) electrons. The maximum absolute atomic E-state index is 12.8. The number of piperidine rings is 1. The Balaban J connectivity index is 1.53. The number of nitrogens with zero attached hydrogens (tertiary/aromatic N) is 4. The minimum atomic E-state index is -0.241. The normalized spacial score (nSPS) is 14.8. The molecule has 1 saturated heterocycles. The van der Waals surface area contributed by atoms with Crippen molar-refractivity contribution in [3.05, 3.63) is 59.7 Å². The van der Waals surface area contributed by atoms with E-state index in [2.05, 4.69) is 31.8 Å². The van der Waals surface area contributed by atoms with Crippen molar-refractivity contribution in [3.63, 3.8) is 0 Å². The number of hydrogen-bond donors (Lipinski definition) is 2. The molecule has 1 aliphatic heterocycles. The highest BCUT2D eigenvalue weighted by Crippen LogP contribution is 2.24. The number of carbonyl (C=O) groups is 1. The second-order valence-electron chi connectivity index (χ2n) is 7.23. The number of anilines is 1. The van der Waals surface area contributed by atoms with Gasteiger partial charge >= 0.3 is 0 Å². The molecular weight excluding hydrogens is 352 g/mol. The first kappa shape index (κ1) is 18.3. The van der Waals surface area contributed by atoms with Gasteiger partial charge in [0, 0.05) is 30.9 Å². The Morgan fingerprint density at radius 1 is 1.18 bits per heavy atom. The van der Waals surface area contributed by atoms with Crippen molar-refractivity contribution in [2.45, 2.75) is 25.7 Å². The second-order valence-corrected chi connectivity index (χ2v) is 7.23. The van der Waals surface area contributed by atoms with Gasteiger partial charge in [-0.05, 0) is 44.5 Å². The quantitative estimate of drug-likeness (QED) is 0.731. The van der Waals surface area contributed by atoms with Gasteiger partial charge in [0.2, 0.25) is 5.95 Å². The van der Waals surface area contributed by atoms with Crippen LogP contribution in [0.1, 0.15) is 40.5 Å². The fourth-order valence-electron chi connectivity index (χ4n) is 3.49. The number of nitrogens with one attached hydrogen (secondary N) is 2. The molecule has 0 bridgehead atoms. The van der Waals surface area contributed by atoms with Crippen LogP contribution in [-0.2, 0) is 7.05 Å². The summed E-state index contributed by atoms with van der Waals surface area (Å²) in [6, 6.07) is 9.98. The summed E-state index contributed by atoms with van der Waals surface area (Å²) in [7, 11) is 1.80.